The third-order valence-corrected chi connectivity index (χ3v) is 5.80. The summed E-state index contributed by atoms with van der Waals surface area (Å²) in [6, 6.07) is 8.19. The zero-order valence-electron chi connectivity index (χ0n) is 13.3. The highest BCUT2D eigenvalue weighted by Gasteiger charge is 2.20. The highest BCUT2D eigenvalue weighted by molar-refractivity contribution is 7.83. The van der Waals surface area contributed by atoms with Crippen molar-refractivity contribution in [2.45, 2.75) is 37.0 Å². The number of nitrogens with one attached hydrogen (secondary N) is 1. The van der Waals surface area contributed by atoms with E-state index in [4.69, 9.17) is 0 Å². The molecular weight excluding hydrogens is 326 g/mol. The number of carboxylic acids is 1. The number of aromatic hydroxyl groups is 1. The van der Waals surface area contributed by atoms with Crippen molar-refractivity contribution in [1.82, 2.24) is 4.72 Å². The van der Waals surface area contributed by atoms with Crippen LogP contribution in [0, 0.1) is 5.92 Å². The predicted molar refractivity (Wildman–Crippen MR) is 93.6 cm³/mol. The summed E-state index contributed by atoms with van der Waals surface area (Å²) >= 11 is 0. The van der Waals surface area contributed by atoms with Gasteiger partial charge < -0.3 is 10.2 Å². The number of rotatable bonds is 5. The lowest BCUT2D eigenvalue weighted by Crippen LogP contribution is -2.26. The molecule has 3 N–H and O–H groups in total. The maximum Gasteiger partial charge on any atom is 0.339 e. The lowest BCUT2D eigenvalue weighted by atomic mass is 9.90. The first-order valence-corrected chi connectivity index (χ1v) is 9.36. The smallest absolute Gasteiger partial charge is 0.339 e. The van der Waals surface area contributed by atoms with Gasteiger partial charge in [0.1, 0.15) is 22.3 Å². The van der Waals surface area contributed by atoms with Gasteiger partial charge in [-0.1, -0.05) is 43.5 Å². The first-order valence-electron chi connectivity index (χ1n) is 8.21. The molecule has 0 aromatic heterocycles. The van der Waals surface area contributed by atoms with Crippen LogP contribution in [0.5, 0.6) is 5.75 Å². The van der Waals surface area contributed by atoms with E-state index in [9.17, 15) is 19.2 Å². The topological polar surface area (TPSA) is 86.6 Å². The molecule has 0 spiro atoms. The molecule has 0 amide bonds. The molecule has 0 bridgehead atoms. The molecular formula is C18H21NO4S. The number of benzene rings is 2. The van der Waals surface area contributed by atoms with Gasteiger partial charge in [-0.05, 0) is 24.8 Å². The van der Waals surface area contributed by atoms with Crippen molar-refractivity contribution < 1.29 is 19.2 Å². The third kappa shape index (κ3) is 3.44. The van der Waals surface area contributed by atoms with Crippen molar-refractivity contribution >= 4 is 27.7 Å². The van der Waals surface area contributed by atoms with Crippen LogP contribution in [-0.4, -0.2) is 26.9 Å². The maximum atomic E-state index is 12.7. The fourth-order valence-corrected chi connectivity index (χ4v) is 4.45. The van der Waals surface area contributed by atoms with Crippen molar-refractivity contribution in [3.05, 3.63) is 35.9 Å². The minimum absolute atomic E-state index is 0.225. The van der Waals surface area contributed by atoms with Gasteiger partial charge in [0.15, 0.2) is 0 Å². The molecule has 24 heavy (non-hydrogen) atoms. The Morgan fingerprint density at radius 1 is 1.17 bits per heavy atom. The number of fused-ring (bicyclic) bond motifs is 1. The van der Waals surface area contributed by atoms with Crippen LogP contribution in [0.25, 0.3) is 10.8 Å². The summed E-state index contributed by atoms with van der Waals surface area (Å²) in [5, 5.41) is 20.5. The van der Waals surface area contributed by atoms with Gasteiger partial charge in [0.25, 0.3) is 0 Å². The van der Waals surface area contributed by atoms with Crippen LogP contribution in [-0.2, 0) is 11.0 Å². The number of carbonyl (C=O) groups is 1. The van der Waals surface area contributed by atoms with Crippen LogP contribution in [0.3, 0.4) is 0 Å². The van der Waals surface area contributed by atoms with Gasteiger partial charge in [0, 0.05) is 17.3 Å². The largest absolute Gasteiger partial charge is 0.506 e. The average Bonchev–Trinajstić information content (AvgIpc) is 2.61. The highest BCUT2D eigenvalue weighted by Crippen LogP contribution is 2.33. The maximum absolute atomic E-state index is 12.7. The van der Waals surface area contributed by atoms with Crippen molar-refractivity contribution in [2.24, 2.45) is 5.92 Å². The summed E-state index contributed by atoms with van der Waals surface area (Å²) in [6.07, 6.45) is 5.97. The monoisotopic (exact) mass is 347 g/mol. The van der Waals surface area contributed by atoms with Crippen LogP contribution in [0.1, 0.15) is 42.5 Å². The second kappa shape index (κ2) is 7.32. The van der Waals surface area contributed by atoms with E-state index in [-0.39, 0.29) is 11.3 Å². The number of hydrogen-bond donors (Lipinski definition) is 3. The van der Waals surface area contributed by atoms with E-state index >= 15 is 0 Å². The predicted octanol–water partition coefficient (Wildman–Crippen LogP) is 3.44. The first kappa shape index (κ1) is 16.9. The van der Waals surface area contributed by atoms with Gasteiger partial charge in [-0.25, -0.2) is 13.7 Å². The average molecular weight is 347 g/mol. The van der Waals surface area contributed by atoms with Gasteiger partial charge in [-0.15, -0.1) is 0 Å². The Balaban J connectivity index is 1.91. The fraction of sp³-hybridized carbons (Fsp3) is 0.389. The van der Waals surface area contributed by atoms with Crippen LogP contribution >= 0.6 is 0 Å². The fourth-order valence-electron chi connectivity index (χ4n) is 3.31. The summed E-state index contributed by atoms with van der Waals surface area (Å²) in [7, 11) is -1.52. The molecule has 1 aliphatic rings. The molecule has 0 aliphatic heterocycles. The number of carboxylic acid groups (broad SMARTS) is 1. The summed E-state index contributed by atoms with van der Waals surface area (Å²) < 4.78 is 15.8. The molecule has 0 saturated heterocycles. The van der Waals surface area contributed by atoms with Crippen molar-refractivity contribution in [1.29, 1.82) is 0 Å². The Bertz CT molecular complexity index is 784. The Labute approximate surface area is 143 Å². The molecule has 1 fully saturated rings. The lowest BCUT2D eigenvalue weighted by Gasteiger charge is -2.21. The van der Waals surface area contributed by atoms with Crippen LogP contribution in [0.15, 0.2) is 35.2 Å². The van der Waals surface area contributed by atoms with Gasteiger partial charge in [-0.2, -0.15) is 0 Å². The van der Waals surface area contributed by atoms with Crippen LogP contribution in [0.4, 0.5) is 0 Å². The van der Waals surface area contributed by atoms with E-state index in [2.05, 4.69) is 4.72 Å². The van der Waals surface area contributed by atoms with Crippen molar-refractivity contribution in [3.8, 4) is 5.75 Å². The van der Waals surface area contributed by atoms with Crippen molar-refractivity contribution in [2.75, 3.05) is 6.54 Å². The molecule has 1 saturated carbocycles. The van der Waals surface area contributed by atoms with E-state index in [0.717, 1.165) is 12.8 Å². The normalized spacial score (nSPS) is 17.0. The second-order valence-electron chi connectivity index (χ2n) is 6.24. The Hall–Kier alpha value is -1.92. The minimum Gasteiger partial charge on any atom is -0.506 e. The molecule has 1 unspecified atom stereocenters. The highest BCUT2D eigenvalue weighted by atomic mass is 32.2. The number of phenols is 1. The number of hydrogen-bond acceptors (Lipinski definition) is 3. The first-order chi connectivity index (χ1) is 11.6. The summed E-state index contributed by atoms with van der Waals surface area (Å²) in [5.41, 5.74) is -0.225. The Kier molecular flexibility index (Phi) is 5.16. The van der Waals surface area contributed by atoms with Crippen LogP contribution in [0.2, 0.25) is 0 Å². The second-order valence-corrected chi connectivity index (χ2v) is 7.51. The zero-order chi connectivity index (χ0) is 17.1. The molecule has 0 heterocycles. The Morgan fingerprint density at radius 3 is 2.50 bits per heavy atom. The SMILES string of the molecule is O=C(O)c1cc(S(=O)NCC2CCCCC2)c2ccccc2c1O. The zero-order valence-corrected chi connectivity index (χ0v) is 14.1. The van der Waals surface area contributed by atoms with Gasteiger partial charge >= 0.3 is 5.97 Å². The third-order valence-electron chi connectivity index (χ3n) is 4.64. The van der Waals surface area contributed by atoms with Crippen LogP contribution < -0.4 is 4.72 Å². The van der Waals surface area contributed by atoms with E-state index in [1.807, 2.05) is 0 Å². The van der Waals surface area contributed by atoms with E-state index in [0.29, 0.717) is 28.1 Å². The van der Waals surface area contributed by atoms with Crippen molar-refractivity contribution in [3.63, 3.8) is 0 Å². The summed E-state index contributed by atoms with van der Waals surface area (Å²) in [5.74, 6) is -1.00. The molecule has 5 nitrogen and oxygen atoms in total. The molecule has 1 atom stereocenters. The Morgan fingerprint density at radius 2 is 1.83 bits per heavy atom. The number of aromatic carboxylic acids is 1. The molecule has 3 rings (SSSR count). The van der Waals surface area contributed by atoms with E-state index in [1.54, 1.807) is 24.3 Å². The molecule has 0 radical (unpaired) electrons. The molecule has 2 aromatic rings. The molecule has 2 aromatic carbocycles. The van der Waals surface area contributed by atoms with Gasteiger partial charge in [0.2, 0.25) is 0 Å². The minimum atomic E-state index is -1.52. The van der Waals surface area contributed by atoms with E-state index in [1.165, 1.54) is 25.3 Å². The summed E-state index contributed by atoms with van der Waals surface area (Å²) in [4.78, 5) is 11.8. The quantitative estimate of drug-likeness (QED) is 0.773. The standard InChI is InChI=1S/C18H21NO4S/c20-17-14-9-5-4-8-13(14)16(10-15(17)18(21)22)24(23)19-11-12-6-2-1-3-7-12/h4-5,8-10,12,19-20H,1-3,6-7,11H2,(H,21,22). The van der Waals surface area contributed by atoms with E-state index < -0.39 is 17.0 Å². The van der Waals surface area contributed by atoms with Gasteiger partial charge in [-0.3, -0.25) is 0 Å². The molecule has 128 valence electrons. The van der Waals surface area contributed by atoms with Gasteiger partial charge in [0.05, 0.1) is 4.90 Å². The molecule has 1 aliphatic carbocycles. The molecule has 6 heteroatoms. The lowest BCUT2D eigenvalue weighted by molar-refractivity contribution is 0.0694. The summed E-state index contributed by atoms with van der Waals surface area (Å²) in [6.45, 7) is 0.657.